The zero-order valence-electron chi connectivity index (χ0n) is 10.7. The van der Waals surface area contributed by atoms with Gasteiger partial charge in [-0.05, 0) is 26.0 Å². The van der Waals surface area contributed by atoms with Gasteiger partial charge in [0.2, 0.25) is 5.76 Å². The smallest absolute Gasteiger partial charge is 0.371 e. The van der Waals surface area contributed by atoms with Crippen molar-refractivity contribution in [2.45, 2.75) is 18.7 Å². The molecule has 0 saturated carbocycles. The summed E-state index contributed by atoms with van der Waals surface area (Å²) in [6.07, 6.45) is 0. The molecular formula is C12H12N2O5S. The molecule has 0 atom stereocenters. The molecule has 2 N–H and O–H groups in total. The predicted molar refractivity (Wildman–Crippen MR) is 70.2 cm³/mol. The van der Waals surface area contributed by atoms with Gasteiger partial charge in [-0.15, -0.1) is 0 Å². The molecule has 20 heavy (non-hydrogen) atoms. The van der Waals surface area contributed by atoms with Crippen LogP contribution in [0.4, 0.5) is 5.82 Å². The standard InChI is InChI=1S/C12H12N2O5S/c1-7-4-3-5-11(13-7)14-20(17,18)10-6-9(12(15)16)19-8(10)2/h3-6H,1-2H3,(H,13,14)(H,15,16). The molecule has 0 bridgehead atoms. The van der Waals surface area contributed by atoms with Crippen molar-refractivity contribution in [1.29, 1.82) is 0 Å². The van der Waals surface area contributed by atoms with Crippen LogP contribution in [-0.2, 0) is 10.0 Å². The molecule has 106 valence electrons. The highest BCUT2D eigenvalue weighted by Gasteiger charge is 2.24. The first kappa shape index (κ1) is 14.1. The Morgan fingerprint density at radius 3 is 2.60 bits per heavy atom. The zero-order chi connectivity index (χ0) is 14.9. The molecule has 2 heterocycles. The van der Waals surface area contributed by atoms with Gasteiger partial charge in [0.15, 0.2) is 0 Å². The molecule has 0 saturated heterocycles. The average Bonchev–Trinajstić information content (AvgIpc) is 2.71. The van der Waals surface area contributed by atoms with Crippen molar-refractivity contribution >= 4 is 21.8 Å². The Balaban J connectivity index is 2.38. The molecular weight excluding hydrogens is 284 g/mol. The van der Waals surface area contributed by atoms with E-state index < -0.39 is 21.8 Å². The van der Waals surface area contributed by atoms with E-state index in [4.69, 9.17) is 9.52 Å². The van der Waals surface area contributed by atoms with Gasteiger partial charge in [-0.25, -0.2) is 18.2 Å². The Morgan fingerprint density at radius 1 is 1.35 bits per heavy atom. The van der Waals surface area contributed by atoms with E-state index in [1.165, 1.54) is 13.0 Å². The number of aromatic nitrogens is 1. The fraction of sp³-hybridized carbons (Fsp3) is 0.167. The largest absolute Gasteiger partial charge is 0.475 e. The quantitative estimate of drug-likeness (QED) is 0.890. The number of furan rings is 1. The second kappa shape index (κ2) is 4.97. The summed E-state index contributed by atoms with van der Waals surface area (Å²) in [7, 11) is -3.94. The minimum Gasteiger partial charge on any atom is -0.475 e. The number of sulfonamides is 1. The first-order chi connectivity index (χ1) is 9.29. The molecule has 0 aliphatic carbocycles. The lowest BCUT2D eigenvalue weighted by Crippen LogP contribution is -2.14. The van der Waals surface area contributed by atoms with Crippen LogP contribution in [0.15, 0.2) is 33.6 Å². The van der Waals surface area contributed by atoms with E-state index in [1.54, 1.807) is 19.1 Å². The van der Waals surface area contributed by atoms with Crippen LogP contribution in [0.5, 0.6) is 0 Å². The van der Waals surface area contributed by atoms with Crippen LogP contribution in [-0.4, -0.2) is 24.5 Å². The normalized spacial score (nSPS) is 11.3. The van der Waals surface area contributed by atoms with Crippen molar-refractivity contribution in [1.82, 2.24) is 4.98 Å². The maximum absolute atomic E-state index is 12.2. The molecule has 0 aromatic carbocycles. The van der Waals surface area contributed by atoms with E-state index in [9.17, 15) is 13.2 Å². The molecule has 0 amide bonds. The lowest BCUT2D eigenvalue weighted by atomic mass is 10.4. The van der Waals surface area contributed by atoms with Gasteiger partial charge in [-0.2, -0.15) is 0 Å². The number of carboxylic acids is 1. The Kier molecular flexibility index (Phi) is 3.49. The third kappa shape index (κ3) is 2.80. The Hall–Kier alpha value is -2.35. The third-order valence-electron chi connectivity index (χ3n) is 2.50. The number of aryl methyl sites for hydroxylation is 2. The monoisotopic (exact) mass is 296 g/mol. The molecule has 0 aliphatic heterocycles. The highest BCUT2D eigenvalue weighted by Crippen LogP contribution is 2.22. The van der Waals surface area contributed by atoms with Crippen molar-refractivity contribution in [2.24, 2.45) is 0 Å². The lowest BCUT2D eigenvalue weighted by Gasteiger charge is -2.06. The highest BCUT2D eigenvalue weighted by atomic mass is 32.2. The second-order valence-corrected chi connectivity index (χ2v) is 5.76. The van der Waals surface area contributed by atoms with Crippen LogP contribution in [0.3, 0.4) is 0 Å². The number of anilines is 1. The topological polar surface area (TPSA) is 110 Å². The van der Waals surface area contributed by atoms with E-state index in [2.05, 4.69) is 9.71 Å². The number of nitrogens with one attached hydrogen (secondary N) is 1. The van der Waals surface area contributed by atoms with Gasteiger partial charge in [0, 0.05) is 11.8 Å². The number of aromatic carboxylic acids is 1. The highest BCUT2D eigenvalue weighted by molar-refractivity contribution is 7.92. The maximum Gasteiger partial charge on any atom is 0.371 e. The number of rotatable bonds is 4. The van der Waals surface area contributed by atoms with Gasteiger partial charge >= 0.3 is 5.97 Å². The van der Waals surface area contributed by atoms with Crippen LogP contribution in [0.25, 0.3) is 0 Å². The van der Waals surface area contributed by atoms with Gasteiger partial charge in [0.05, 0.1) is 0 Å². The van der Waals surface area contributed by atoms with Gasteiger partial charge in [0.25, 0.3) is 10.0 Å². The van der Waals surface area contributed by atoms with Crippen molar-refractivity contribution in [3.8, 4) is 0 Å². The van der Waals surface area contributed by atoms with Crippen LogP contribution >= 0.6 is 0 Å². The fourth-order valence-corrected chi connectivity index (χ4v) is 2.81. The first-order valence-corrected chi connectivity index (χ1v) is 7.08. The van der Waals surface area contributed by atoms with E-state index in [1.807, 2.05) is 0 Å². The Labute approximate surface area is 115 Å². The minimum absolute atomic E-state index is 0.00236. The number of nitrogens with zero attached hydrogens (tertiary/aromatic N) is 1. The summed E-state index contributed by atoms with van der Waals surface area (Å²) in [6, 6.07) is 5.85. The molecule has 2 aromatic rings. The third-order valence-corrected chi connectivity index (χ3v) is 3.96. The summed E-state index contributed by atoms with van der Waals surface area (Å²) in [5, 5.41) is 8.79. The number of hydrogen-bond acceptors (Lipinski definition) is 5. The van der Waals surface area contributed by atoms with Crippen molar-refractivity contribution < 1.29 is 22.7 Å². The zero-order valence-corrected chi connectivity index (χ0v) is 11.6. The molecule has 0 fully saturated rings. The van der Waals surface area contributed by atoms with Gasteiger partial charge in [0.1, 0.15) is 16.5 Å². The molecule has 2 aromatic heterocycles. The van der Waals surface area contributed by atoms with Crippen LogP contribution in [0, 0.1) is 13.8 Å². The van der Waals surface area contributed by atoms with E-state index >= 15 is 0 Å². The summed E-state index contributed by atoms with van der Waals surface area (Å²) in [5.41, 5.74) is 0.653. The van der Waals surface area contributed by atoms with Crippen molar-refractivity contribution in [2.75, 3.05) is 4.72 Å². The summed E-state index contributed by atoms with van der Waals surface area (Å²) < 4.78 is 31.5. The summed E-state index contributed by atoms with van der Waals surface area (Å²) in [6.45, 7) is 3.11. The number of carbonyl (C=O) groups is 1. The molecule has 0 unspecified atom stereocenters. The van der Waals surface area contributed by atoms with Gasteiger partial charge in [-0.1, -0.05) is 6.07 Å². The van der Waals surface area contributed by atoms with Crippen molar-refractivity contribution in [3.63, 3.8) is 0 Å². The molecule has 8 heteroatoms. The molecule has 0 aliphatic rings. The minimum atomic E-state index is -3.94. The molecule has 7 nitrogen and oxygen atoms in total. The van der Waals surface area contributed by atoms with Gasteiger partial charge < -0.3 is 9.52 Å². The van der Waals surface area contributed by atoms with E-state index in [-0.39, 0.29) is 16.5 Å². The summed E-state index contributed by atoms with van der Waals surface area (Å²) in [4.78, 5) is 14.6. The van der Waals surface area contributed by atoms with Crippen LogP contribution < -0.4 is 4.72 Å². The Bertz CT molecular complexity index is 764. The van der Waals surface area contributed by atoms with E-state index in [0.717, 1.165) is 6.07 Å². The number of pyridine rings is 1. The number of carboxylic acid groups (broad SMARTS) is 1. The molecule has 2 rings (SSSR count). The summed E-state index contributed by atoms with van der Waals surface area (Å²) >= 11 is 0. The summed E-state index contributed by atoms with van der Waals surface area (Å²) in [5.74, 6) is -1.60. The maximum atomic E-state index is 12.2. The molecule has 0 radical (unpaired) electrons. The van der Waals surface area contributed by atoms with Crippen LogP contribution in [0.2, 0.25) is 0 Å². The van der Waals surface area contributed by atoms with Crippen LogP contribution in [0.1, 0.15) is 22.0 Å². The number of hydrogen-bond donors (Lipinski definition) is 2. The average molecular weight is 296 g/mol. The molecule has 0 spiro atoms. The predicted octanol–water partition coefficient (Wildman–Crippen LogP) is 1.79. The first-order valence-electron chi connectivity index (χ1n) is 5.60. The van der Waals surface area contributed by atoms with Gasteiger partial charge in [-0.3, -0.25) is 4.72 Å². The Morgan fingerprint density at radius 2 is 2.05 bits per heavy atom. The second-order valence-electron chi connectivity index (χ2n) is 4.11. The van der Waals surface area contributed by atoms with E-state index in [0.29, 0.717) is 5.69 Å². The SMILES string of the molecule is Cc1cccc(NS(=O)(=O)c2cc(C(=O)O)oc2C)n1. The lowest BCUT2D eigenvalue weighted by molar-refractivity contribution is 0.0661. The van der Waals surface area contributed by atoms with Crippen molar-refractivity contribution in [3.05, 3.63) is 41.5 Å². The fourth-order valence-electron chi connectivity index (χ4n) is 1.63.